The molecule has 96 valence electrons. The topological polar surface area (TPSA) is 86.5 Å². The van der Waals surface area contributed by atoms with E-state index in [4.69, 9.17) is 0 Å². The lowest BCUT2D eigenvalue weighted by Gasteiger charge is -2.10. The Morgan fingerprint density at radius 2 is 2.17 bits per heavy atom. The van der Waals surface area contributed by atoms with Gasteiger partial charge < -0.3 is 5.32 Å². The fourth-order valence-corrected chi connectivity index (χ4v) is 1.60. The minimum Gasteiger partial charge on any atom is -0.344 e. The molecule has 0 aliphatic rings. The largest absolute Gasteiger partial charge is 0.344 e. The van der Waals surface area contributed by atoms with Gasteiger partial charge in [-0.15, -0.1) is 0 Å². The number of carbonyl (C=O) groups excluding carboxylic acids is 1. The summed E-state index contributed by atoms with van der Waals surface area (Å²) in [6.45, 7) is 5.99. The standard InChI is InChI=1S/C12H17N5O/c1-7(2)10-4-11(17-16-10)12(18)15-8(3)9-5-13-14-6-9/h4-8H,1-3H3,(H,13,14)(H,15,18)(H,16,17)/t8-/m1/s1. The van der Waals surface area contributed by atoms with Gasteiger partial charge in [-0.25, -0.2) is 0 Å². The van der Waals surface area contributed by atoms with E-state index >= 15 is 0 Å². The van der Waals surface area contributed by atoms with Crippen LogP contribution in [0.5, 0.6) is 0 Å². The van der Waals surface area contributed by atoms with Gasteiger partial charge in [0.2, 0.25) is 0 Å². The van der Waals surface area contributed by atoms with Gasteiger partial charge in [-0.2, -0.15) is 10.2 Å². The van der Waals surface area contributed by atoms with E-state index in [1.165, 1.54) is 0 Å². The lowest BCUT2D eigenvalue weighted by molar-refractivity contribution is 0.0935. The minimum absolute atomic E-state index is 0.101. The summed E-state index contributed by atoms with van der Waals surface area (Å²) in [7, 11) is 0. The van der Waals surface area contributed by atoms with Gasteiger partial charge in [0.05, 0.1) is 12.2 Å². The number of rotatable bonds is 4. The quantitative estimate of drug-likeness (QED) is 0.769. The van der Waals surface area contributed by atoms with Crippen molar-refractivity contribution in [3.8, 4) is 0 Å². The van der Waals surface area contributed by atoms with Crippen molar-refractivity contribution >= 4 is 5.91 Å². The van der Waals surface area contributed by atoms with Crippen molar-refractivity contribution in [2.45, 2.75) is 32.7 Å². The van der Waals surface area contributed by atoms with Crippen molar-refractivity contribution in [3.05, 3.63) is 35.4 Å². The van der Waals surface area contributed by atoms with Gasteiger partial charge in [0.1, 0.15) is 5.69 Å². The molecule has 1 amide bonds. The molecule has 0 unspecified atom stereocenters. The number of nitrogens with one attached hydrogen (secondary N) is 3. The van der Waals surface area contributed by atoms with Gasteiger partial charge in [0.15, 0.2) is 0 Å². The second-order valence-electron chi connectivity index (χ2n) is 4.59. The maximum absolute atomic E-state index is 12.0. The number of carbonyl (C=O) groups is 1. The van der Waals surface area contributed by atoms with Gasteiger partial charge in [-0.3, -0.25) is 15.0 Å². The molecule has 2 aromatic rings. The molecule has 2 aromatic heterocycles. The van der Waals surface area contributed by atoms with E-state index in [2.05, 4.69) is 25.7 Å². The highest BCUT2D eigenvalue weighted by atomic mass is 16.2. The second kappa shape index (κ2) is 5.03. The molecule has 3 N–H and O–H groups in total. The minimum atomic E-state index is -0.188. The molecule has 2 heterocycles. The lowest BCUT2D eigenvalue weighted by atomic mass is 10.1. The molecule has 0 saturated carbocycles. The molecular weight excluding hydrogens is 230 g/mol. The normalized spacial score (nSPS) is 12.7. The van der Waals surface area contributed by atoms with E-state index in [-0.39, 0.29) is 11.9 Å². The Kier molecular flexibility index (Phi) is 3.45. The Bertz CT molecular complexity index is 514. The average molecular weight is 247 g/mol. The van der Waals surface area contributed by atoms with Crippen LogP contribution in [0.2, 0.25) is 0 Å². The molecule has 6 nitrogen and oxygen atoms in total. The highest BCUT2D eigenvalue weighted by Crippen LogP contribution is 2.13. The maximum atomic E-state index is 12.0. The molecule has 0 saturated heterocycles. The van der Waals surface area contributed by atoms with Crippen LogP contribution in [-0.2, 0) is 0 Å². The monoisotopic (exact) mass is 247 g/mol. The fraction of sp³-hybridized carbons (Fsp3) is 0.417. The summed E-state index contributed by atoms with van der Waals surface area (Å²) >= 11 is 0. The lowest BCUT2D eigenvalue weighted by Crippen LogP contribution is -2.26. The third kappa shape index (κ3) is 2.58. The first-order valence-electron chi connectivity index (χ1n) is 5.92. The van der Waals surface area contributed by atoms with Crippen LogP contribution >= 0.6 is 0 Å². The number of amides is 1. The van der Waals surface area contributed by atoms with Gasteiger partial charge in [0.25, 0.3) is 5.91 Å². The first kappa shape index (κ1) is 12.3. The van der Waals surface area contributed by atoms with Crippen molar-refractivity contribution in [3.63, 3.8) is 0 Å². The molecule has 0 aromatic carbocycles. The van der Waals surface area contributed by atoms with Gasteiger partial charge in [-0.1, -0.05) is 13.8 Å². The number of hydrogen-bond donors (Lipinski definition) is 3. The maximum Gasteiger partial charge on any atom is 0.272 e. The van der Waals surface area contributed by atoms with Crippen LogP contribution < -0.4 is 5.32 Å². The second-order valence-corrected chi connectivity index (χ2v) is 4.59. The van der Waals surface area contributed by atoms with Gasteiger partial charge >= 0.3 is 0 Å². The van der Waals surface area contributed by atoms with Crippen molar-refractivity contribution in [1.82, 2.24) is 25.7 Å². The van der Waals surface area contributed by atoms with Crippen LogP contribution in [0, 0.1) is 0 Å². The van der Waals surface area contributed by atoms with E-state index < -0.39 is 0 Å². The SMILES string of the molecule is CC(C)c1cc(C(=O)N[C@H](C)c2cn[nH]c2)n[nH]1. The Morgan fingerprint density at radius 3 is 2.72 bits per heavy atom. The van der Waals surface area contributed by atoms with Crippen LogP contribution in [0.15, 0.2) is 18.5 Å². The number of aromatic nitrogens is 4. The van der Waals surface area contributed by atoms with Gasteiger partial charge in [0, 0.05) is 17.5 Å². The molecule has 1 atom stereocenters. The molecule has 0 spiro atoms. The fourth-order valence-electron chi connectivity index (χ4n) is 1.60. The van der Waals surface area contributed by atoms with Crippen LogP contribution in [-0.4, -0.2) is 26.3 Å². The van der Waals surface area contributed by atoms with Crippen LogP contribution in [0.1, 0.15) is 54.5 Å². The molecule has 0 bridgehead atoms. The van der Waals surface area contributed by atoms with Crippen molar-refractivity contribution < 1.29 is 4.79 Å². The highest BCUT2D eigenvalue weighted by molar-refractivity contribution is 5.92. The van der Waals surface area contributed by atoms with E-state index in [0.29, 0.717) is 11.6 Å². The predicted octanol–water partition coefficient (Wildman–Crippen LogP) is 1.75. The number of H-pyrrole nitrogens is 2. The summed E-state index contributed by atoms with van der Waals surface area (Å²) in [5.74, 6) is 0.136. The Morgan fingerprint density at radius 1 is 1.39 bits per heavy atom. The van der Waals surface area contributed by atoms with Crippen molar-refractivity contribution in [1.29, 1.82) is 0 Å². The molecular formula is C12H17N5O. The Balaban J connectivity index is 2.03. The first-order chi connectivity index (χ1) is 8.58. The zero-order valence-electron chi connectivity index (χ0n) is 10.7. The van der Waals surface area contributed by atoms with Crippen LogP contribution in [0.3, 0.4) is 0 Å². The summed E-state index contributed by atoms with van der Waals surface area (Å²) in [4.78, 5) is 12.0. The van der Waals surface area contributed by atoms with Crippen molar-refractivity contribution in [2.75, 3.05) is 0 Å². The molecule has 0 aliphatic carbocycles. The molecule has 0 radical (unpaired) electrons. The highest BCUT2D eigenvalue weighted by Gasteiger charge is 2.15. The van der Waals surface area contributed by atoms with E-state index in [1.807, 2.05) is 20.8 Å². The molecule has 6 heteroatoms. The summed E-state index contributed by atoms with van der Waals surface area (Å²) < 4.78 is 0. The molecule has 0 fully saturated rings. The smallest absolute Gasteiger partial charge is 0.272 e. The molecule has 2 rings (SSSR count). The Labute approximate surface area is 105 Å². The molecule has 0 aliphatic heterocycles. The van der Waals surface area contributed by atoms with Crippen molar-refractivity contribution in [2.24, 2.45) is 0 Å². The zero-order valence-corrected chi connectivity index (χ0v) is 10.7. The third-order valence-electron chi connectivity index (χ3n) is 2.82. The van der Waals surface area contributed by atoms with E-state index in [9.17, 15) is 4.79 Å². The van der Waals surface area contributed by atoms with Crippen LogP contribution in [0.4, 0.5) is 0 Å². The van der Waals surface area contributed by atoms with E-state index in [0.717, 1.165) is 11.3 Å². The average Bonchev–Trinajstić information content (AvgIpc) is 3.00. The predicted molar refractivity (Wildman–Crippen MR) is 67.1 cm³/mol. The number of nitrogens with zero attached hydrogens (tertiary/aromatic N) is 2. The number of aromatic amines is 2. The summed E-state index contributed by atoms with van der Waals surface area (Å²) in [6, 6.07) is 1.68. The zero-order chi connectivity index (χ0) is 13.1. The van der Waals surface area contributed by atoms with Crippen LogP contribution in [0.25, 0.3) is 0 Å². The summed E-state index contributed by atoms with van der Waals surface area (Å²) in [6.07, 6.45) is 3.45. The van der Waals surface area contributed by atoms with E-state index in [1.54, 1.807) is 18.5 Å². The first-order valence-corrected chi connectivity index (χ1v) is 5.92. The number of hydrogen-bond acceptors (Lipinski definition) is 3. The summed E-state index contributed by atoms with van der Waals surface area (Å²) in [5, 5.41) is 16.3. The Hall–Kier alpha value is -2.11. The van der Waals surface area contributed by atoms with Gasteiger partial charge in [-0.05, 0) is 18.9 Å². The molecule has 18 heavy (non-hydrogen) atoms. The third-order valence-corrected chi connectivity index (χ3v) is 2.82. The summed E-state index contributed by atoms with van der Waals surface area (Å²) in [5.41, 5.74) is 2.30.